The van der Waals surface area contributed by atoms with E-state index in [2.05, 4.69) is 37.7 Å². The van der Waals surface area contributed by atoms with E-state index in [1.165, 1.54) is 63.5 Å². The molecule has 0 saturated heterocycles. The second-order valence-corrected chi connectivity index (χ2v) is 12.9. The van der Waals surface area contributed by atoms with E-state index in [0.717, 1.165) is 53.5 Å². The molecular formula is C30H52N2. The molecule has 0 bridgehead atoms. The molecule has 0 spiro atoms. The monoisotopic (exact) mass is 440 g/mol. The van der Waals surface area contributed by atoms with E-state index >= 15 is 0 Å². The summed E-state index contributed by atoms with van der Waals surface area (Å²) < 4.78 is 0. The molecule has 8 unspecified atom stereocenters. The van der Waals surface area contributed by atoms with Crippen LogP contribution in [0.1, 0.15) is 112 Å². The standard InChI is InChI=1S/C28H44N2.C2H6.H2/c1-18(14-21-17-29-19(2)16-30-21)25-8-9-26-24-7-6-20-15-27(3,4)12-10-22(20)23(24)11-13-28(25,26)5;1-2;/h16-18,20,22-26H,6-15H2,1-5H3;1-2H3;1H. The van der Waals surface area contributed by atoms with Gasteiger partial charge in [0.1, 0.15) is 0 Å². The summed E-state index contributed by atoms with van der Waals surface area (Å²) in [5.41, 5.74) is 3.39. The SMILES string of the molecule is CC.Cc1cnc(CC(C)C2CCC3C4CCC5CC(C)(C)CCC5C4CCC23C)cn1.[HH]. The van der Waals surface area contributed by atoms with E-state index in [9.17, 15) is 0 Å². The Hall–Kier alpha value is -0.920. The molecular weight excluding hydrogens is 388 g/mol. The van der Waals surface area contributed by atoms with Crippen molar-refractivity contribution in [3.8, 4) is 0 Å². The molecule has 2 nitrogen and oxygen atoms in total. The molecule has 1 aromatic rings. The Bertz CT molecular complexity index is 759. The fraction of sp³-hybridized carbons (Fsp3) is 0.867. The van der Waals surface area contributed by atoms with Gasteiger partial charge in [-0.2, -0.15) is 0 Å². The molecule has 2 heteroatoms. The summed E-state index contributed by atoms with van der Waals surface area (Å²) in [5, 5.41) is 0. The summed E-state index contributed by atoms with van der Waals surface area (Å²) in [5.74, 6) is 6.76. The van der Waals surface area contributed by atoms with E-state index in [1.807, 2.05) is 33.2 Å². The third-order valence-electron chi connectivity index (χ3n) is 10.6. The maximum atomic E-state index is 4.68. The number of fused-ring (bicyclic) bond motifs is 5. The van der Waals surface area contributed by atoms with Crippen molar-refractivity contribution in [2.24, 2.45) is 52.3 Å². The summed E-state index contributed by atoms with van der Waals surface area (Å²) >= 11 is 0. The van der Waals surface area contributed by atoms with Gasteiger partial charge in [0.25, 0.3) is 0 Å². The number of hydrogen-bond donors (Lipinski definition) is 0. The minimum atomic E-state index is 0. The molecule has 5 rings (SSSR count). The Balaban J connectivity index is 0.000000994. The summed E-state index contributed by atoms with van der Waals surface area (Å²) in [6.45, 7) is 16.3. The topological polar surface area (TPSA) is 25.8 Å². The van der Waals surface area contributed by atoms with Crippen LogP contribution in [0.4, 0.5) is 0 Å². The van der Waals surface area contributed by atoms with Gasteiger partial charge in [-0.15, -0.1) is 0 Å². The Morgan fingerprint density at radius 2 is 1.66 bits per heavy atom. The minimum Gasteiger partial charge on any atom is -0.258 e. The fourth-order valence-electron chi connectivity index (χ4n) is 9.28. The normalized spacial score (nSPS) is 40.8. The van der Waals surface area contributed by atoms with Gasteiger partial charge in [0, 0.05) is 13.8 Å². The molecule has 32 heavy (non-hydrogen) atoms. The van der Waals surface area contributed by atoms with Crippen LogP contribution < -0.4 is 0 Å². The van der Waals surface area contributed by atoms with Gasteiger partial charge < -0.3 is 0 Å². The van der Waals surface area contributed by atoms with Gasteiger partial charge in [0.2, 0.25) is 0 Å². The fourth-order valence-corrected chi connectivity index (χ4v) is 9.28. The maximum Gasteiger partial charge on any atom is 0.0589 e. The Morgan fingerprint density at radius 1 is 0.906 bits per heavy atom. The highest BCUT2D eigenvalue weighted by Gasteiger charge is 2.57. The Kier molecular flexibility index (Phi) is 7.10. The first-order valence-electron chi connectivity index (χ1n) is 14.0. The Labute approximate surface area is 200 Å². The van der Waals surface area contributed by atoms with E-state index in [1.54, 1.807) is 0 Å². The first-order chi connectivity index (χ1) is 15.3. The molecule has 1 heterocycles. The average molecular weight is 441 g/mol. The highest BCUT2D eigenvalue weighted by atomic mass is 14.8. The van der Waals surface area contributed by atoms with E-state index < -0.39 is 0 Å². The highest BCUT2D eigenvalue weighted by molar-refractivity contribution is 5.09. The second kappa shape index (κ2) is 9.38. The van der Waals surface area contributed by atoms with E-state index in [4.69, 9.17) is 0 Å². The minimum absolute atomic E-state index is 0. The lowest BCUT2D eigenvalue weighted by Crippen LogP contribution is -2.49. The molecule has 4 aliphatic carbocycles. The lowest BCUT2D eigenvalue weighted by Gasteiger charge is -2.57. The van der Waals surface area contributed by atoms with Crippen LogP contribution in [0.2, 0.25) is 0 Å². The maximum absolute atomic E-state index is 4.68. The summed E-state index contributed by atoms with van der Waals surface area (Å²) in [6.07, 6.45) is 18.6. The molecule has 4 fully saturated rings. The van der Waals surface area contributed by atoms with Gasteiger partial charge in [0.15, 0.2) is 0 Å². The van der Waals surface area contributed by atoms with Crippen molar-refractivity contribution in [1.82, 2.24) is 9.97 Å². The van der Waals surface area contributed by atoms with Crippen molar-refractivity contribution >= 4 is 0 Å². The zero-order valence-corrected chi connectivity index (χ0v) is 22.2. The lowest BCUT2D eigenvalue weighted by atomic mass is 9.48. The molecule has 0 aromatic carbocycles. The molecule has 0 aliphatic heterocycles. The Morgan fingerprint density at radius 3 is 2.38 bits per heavy atom. The largest absolute Gasteiger partial charge is 0.258 e. The van der Waals surface area contributed by atoms with Gasteiger partial charge in [0.05, 0.1) is 11.4 Å². The van der Waals surface area contributed by atoms with Crippen molar-refractivity contribution in [1.29, 1.82) is 0 Å². The van der Waals surface area contributed by atoms with Gasteiger partial charge >= 0.3 is 0 Å². The van der Waals surface area contributed by atoms with Gasteiger partial charge in [-0.1, -0.05) is 41.5 Å². The quantitative estimate of drug-likeness (QED) is 0.470. The molecule has 0 radical (unpaired) electrons. The molecule has 8 atom stereocenters. The first-order valence-corrected chi connectivity index (χ1v) is 14.0. The molecule has 0 amide bonds. The average Bonchev–Trinajstić information content (AvgIpc) is 3.13. The number of rotatable bonds is 3. The van der Waals surface area contributed by atoms with Crippen molar-refractivity contribution in [3.05, 3.63) is 23.8 Å². The lowest BCUT2D eigenvalue weighted by molar-refractivity contribution is -0.0807. The van der Waals surface area contributed by atoms with Gasteiger partial charge in [-0.05, 0) is 123 Å². The predicted octanol–water partition coefficient (Wildman–Crippen LogP) is 8.53. The molecule has 4 saturated carbocycles. The summed E-state index contributed by atoms with van der Waals surface area (Å²) in [4.78, 5) is 9.17. The van der Waals surface area contributed by atoms with Crippen molar-refractivity contribution in [3.63, 3.8) is 0 Å². The molecule has 1 aromatic heterocycles. The zero-order valence-electron chi connectivity index (χ0n) is 22.2. The van der Waals surface area contributed by atoms with Crippen LogP contribution in [0, 0.1) is 59.2 Å². The van der Waals surface area contributed by atoms with Crippen LogP contribution in [-0.4, -0.2) is 9.97 Å². The zero-order chi connectivity index (χ0) is 23.1. The van der Waals surface area contributed by atoms with Crippen LogP contribution in [0.3, 0.4) is 0 Å². The van der Waals surface area contributed by atoms with E-state index in [0.29, 0.717) is 10.8 Å². The van der Waals surface area contributed by atoms with Crippen LogP contribution in [-0.2, 0) is 6.42 Å². The summed E-state index contributed by atoms with van der Waals surface area (Å²) in [6, 6.07) is 0. The van der Waals surface area contributed by atoms with Gasteiger partial charge in [-0.3, -0.25) is 9.97 Å². The van der Waals surface area contributed by atoms with Crippen molar-refractivity contribution in [2.45, 2.75) is 113 Å². The summed E-state index contributed by atoms with van der Waals surface area (Å²) in [7, 11) is 0. The smallest absolute Gasteiger partial charge is 0.0589 e. The number of nitrogens with zero attached hydrogens (tertiary/aromatic N) is 2. The predicted molar refractivity (Wildman–Crippen MR) is 137 cm³/mol. The van der Waals surface area contributed by atoms with E-state index in [-0.39, 0.29) is 1.43 Å². The van der Waals surface area contributed by atoms with Crippen molar-refractivity contribution in [2.75, 3.05) is 0 Å². The van der Waals surface area contributed by atoms with Crippen LogP contribution in [0.15, 0.2) is 12.4 Å². The second-order valence-electron chi connectivity index (χ2n) is 12.9. The molecule has 4 aliphatic rings. The van der Waals surface area contributed by atoms with Crippen LogP contribution in [0.25, 0.3) is 0 Å². The van der Waals surface area contributed by atoms with Crippen LogP contribution in [0.5, 0.6) is 0 Å². The number of aryl methyl sites for hydroxylation is 1. The number of hydrogen-bond acceptors (Lipinski definition) is 2. The first kappa shape index (κ1) is 24.2. The van der Waals surface area contributed by atoms with Crippen molar-refractivity contribution < 1.29 is 1.43 Å². The molecule has 182 valence electrons. The van der Waals surface area contributed by atoms with Crippen LogP contribution >= 0.6 is 0 Å². The molecule has 0 N–H and O–H groups in total. The highest BCUT2D eigenvalue weighted by Crippen LogP contribution is 2.66. The third-order valence-corrected chi connectivity index (χ3v) is 10.6. The number of aromatic nitrogens is 2. The third kappa shape index (κ3) is 4.41. The van der Waals surface area contributed by atoms with Gasteiger partial charge in [-0.25, -0.2) is 0 Å².